The van der Waals surface area contributed by atoms with Gasteiger partial charge in [0.1, 0.15) is 5.82 Å². The van der Waals surface area contributed by atoms with Crippen LogP contribution in [0, 0.1) is 0 Å². The first-order valence-corrected chi connectivity index (χ1v) is 7.31. The molecule has 0 radical (unpaired) electrons. The van der Waals surface area contributed by atoms with Gasteiger partial charge >= 0.3 is 0 Å². The summed E-state index contributed by atoms with van der Waals surface area (Å²) in [6.45, 7) is 5.91. The average molecular weight is 261 g/mol. The smallest absolute Gasteiger partial charge is 0.128 e. The second-order valence-corrected chi connectivity index (χ2v) is 5.62. The van der Waals surface area contributed by atoms with E-state index in [9.17, 15) is 0 Å². The molecule has 2 fully saturated rings. The summed E-state index contributed by atoms with van der Waals surface area (Å²) in [5, 5.41) is 0. The van der Waals surface area contributed by atoms with Crippen LogP contribution < -0.4 is 4.90 Å². The Kier molecular flexibility index (Phi) is 3.99. The van der Waals surface area contributed by atoms with Crippen molar-refractivity contribution in [3.05, 3.63) is 23.9 Å². The van der Waals surface area contributed by atoms with E-state index in [-0.39, 0.29) is 0 Å². The maximum atomic E-state index is 5.41. The third-order valence-electron chi connectivity index (χ3n) is 4.13. The van der Waals surface area contributed by atoms with Crippen molar-refractivity contribution in [3.8, 4) is 0 Å². The van der Waals surface area contributed by atoms with E-state index in [1.807, 2.05) is 0 Å². The average Bonchev–Trinajstić information content (AvgIpc) is 2.48. The van der Waals surface area contributed by atoms with Gasteiger partial charge in [0, 0.05) is 31.2 Å². The Morgan fingerprint density at radius 1 is 1.21 bits per heavy atom. The Bertz CT molecular complexity index is 418. The van der Waals surface area contributed by atoms with Crippen LogP contribution in [0.25, 0.3) is 0 Å². The van der Waals surface area contributed by atoms with Gasteiger partial charge in [0.15, 0.2) is 0 Å². The molecule has 2 saturated heterocycles. The van der Waals surface area contributed by atoms with Gasteiger partial charge in [-0.25, -0.2) is 4.98 Å². The van der Waals surface area contributed by atoms with Crippen LogP contribution in [0.3, 0.4) is 0 Å². The lowest BCUT2D eigenvalue weighted by atomic mass is 9.94. The van der Waals surface area contributed by atoms with Crippen molar-refractivity contribution in [2.45, 2.75) is 18.8 Å². The van der Waals surface area contributed by atoms with E-state index in [2.05, 4.69) is 35.0 Å². The fourth-order valence-corrected chi connectivity index (χ4v) is 3.04. The predicted octanol–water partition coefficient (Wildman–Crippen LogP) is 1.73. The molecule has 0 spiro atoms. The van der Waals surface area contributed by atoms with Crippen molar-refractivity contribution in [2.24, 2.45) is 0 Å². The van der Waals surface area contributed by atoms with Crippen LogP contribution in [-0.2, 0) is 4.74 Å². The minimum Gasteiger partial charge on any atom is -0.378 e. The molecule has 2 aliphatic rings. The SMILES string of the molecule is CN1CCCC(c2cccc(N3CCOCC3)n2)C1. The first-order valence-electron chi connectivity index (χ1n) is 7.31. The lowest BCUT2D eigenvalue weighted by molar-refractivity contribution is 0.122. The standard InChI is InChI=1S/C15H23N3O/c1-17-7-3-4-13(12-17)14-5-2-6-15(16-14)18-8-10-19-11-9-18/h2,5-6,13H,3-4,7-12H2,1H3. The molecule has 3 rings (SSSR count). The Balaban J connectivity index is 1.75. The molecule has 1 atom stereocenters. The normalized spacial score (nSPS) is 25.5. The fourth-order valence-electron chi connectivity index (χ4n) is 3.04. The molecule has 0 N–H and O–H groups in total. The number of nitrogens with zero attached hydrogens (tertiary/aromatic N) is 3. The van der Waals surface area contributed by atoms with Crippen LogP contribution in [0.2, 0.25) is 0 Å². The van der Waals surface area contributed by atoms with Crippen LogP contribution in [0.4, 0.5) is 5.82 Å². The Morgan fingerprint density at radius 2 is 2.05 bits per heavy atom. The summed E-state index contributed by atoms with van der Waals surface area (Å²) in [6.07, 6.45) is 2.55. The van der Waals surface area contributed by atoms with Crippen molar-refractivity contribution in [3.63, 3.8) is 0 Å². The number of pyridine rings is 1. The van der Waals surface area contributed by atoms with Gasteiger partial charge in [0.05, 0.1) is 13.2 Å². The molecule has 0 saturated carbocycles. The lowest BCUT2D eigenvalue weighted by Crippen LogP contribution is -2.37. The van der Waals surface area contributed by atoms with Crippen molar-refractivity contribution in [1.82, 2.24) is 9.88 Å². The quantitative estimate of drug-likeness (QED) is 0.810. The molecule has 1 aromatic rings. The third-order valence-corrected chi connectivity index (χ3v) is 4.13. The van der Waals surface area contributed by atoms with Crippen molar-refractivity contribution in [2.75, 3.05) is 51.3 Å². The summed E-state index contributed by atoms with van der Waals surface area (Å²) in [6, 6.07) is 6.47. The van der Waals surface area contributed by atoms with Gasteiger partial charge in [-0.3, -0.25) is 0 Å². The zero-order chi connectivity index (χ0) is 13.1. The molecule has 0 bridgehead atoms. The molecular formula is C15H23N3O. The Hall–Kier alpha value is -1.13. The van der Waals surface area contributed by atoms with Crippen LogP contribution in [-0.4, -0.2) is 56.3 Å². The summed E-state index contributed by atoms with van der Waals surface area (Å²) in [5.74, 6) is 1.72. The van der Waals surface area contributed by atoms with Crippen molar-refractivity contribution >= 4 is 5.82 Å². The molecule has 104 valence electrons. The van der Waals surface area contributed by atoms with Gasteiger partial charge < -0.3 is 14.5 Å². The predicted molar refractivity (Wildman–Crippen MR) is 76.7 cm³/mol. The number of hydrogen-bond acceptors (Lipinski definition) is 4. The fraction of sp³-hybridized carbons (Fsp3) is 0.667. The molecule has 0 aliphatic carbocycles. The minimum atomic E-state index is 0.597. The van der Waals surface area contributed by atoms with Crippen LogP contribution in [0.5, 0.6) is 0 Å². The number of morpholine rings is 1. The second-order valence-electron chi connectivity index (χ2n) is 5.62. The van der Waals surface area contributed by atoms with Crippen LogP contribution in [0.15, 0.2) is 18.2 Å². The monoisotopic (exact) mass is 261 g/mol. The first kappa shape index (κ1) is 12.9. The summed E-state index contributed by atoms with van der Waals surface area (Å²) in [5.41, 5.74) is 1.26. The topological polar surface area (TPSA) is 28.6 Å². The third kappa shape index (κ3) is 3.07. The van der Waals surface area contributed by atoms with Crippen molar-refractivity contribution < 1.29 is 4.74 Å². The number of ether oxygens (including phenoxy) is 1. The van der Waals surface area contributed by atoms with E-state index >= 15 is 0 Å². The van der Waals surface area contributed by atoms with E-state index in [0.29, 0.717) is 5.92 Å². The van der Waals surface area contributed by atoms with Crippen LogP contribution in [0.1, 0.15) is 24.5 Å². The summed E-state index contributed by atoms with van der Waals surface area (Å²) < 4.78 is 5.41. The molecule has 1 unspecified atom stereocenters. The van der Waals surface area contributed by atoms with Crippen molar-refractivity contribution in [1.29, 1.82) is 0 Å². The molecule has 2 aliphatic heterocycles. The molecule has 0 aromatic carbocycles. The minimum absolute atomic E-state index is 0.597. The maximum absolute atomic E-state index is 5.41. The zero-order valence-electron chi connectivity index (χ0n) is 11.7. The van der Waals surface area contributed by atoms with Gasteiger partial charge in [0.2, 0.25) is 0 Å². The van der Waals surface area contributed by atoms with Gasteiger partial charge in [-0.2, -0.15) is 0 Å². The van der Waals surface area contributed by atoms with Crippen LogP contribution >= 0.6 is 0 Å². The maximum Gasteiger partial charge on any atom is 0.128 e. The van der Waals surface area contributed by atoms with Gasteiger partial charge in [-0.1, -0.05) is 6.07 Å². The number of anilines is 1. The van der Waals surface area contributed by atoms with Gasteiger partial charge in [-0.05, 0) is 38.6 Å². The van der Waals surface area contributed by atoms with E-state index in [4.69, 9.17) is 9.72 Å². The highest BCUT2D eigenvalue weighted by atomic mass is 16.5. The molecule has 3 heterocycles. The number of piperidine rings is 1. The molecule has 1 aromatic heterocycles. The number of rotatable bonds is 2. The Labute approximate surface area is 115 Å². The van der Waals surface area contributed by atoms with E-state index in [0.717, 1.165) is 38.7 Å². The lowest BCUT2D eigenvalue weighted by Gasteiger charge is -2.31. The summed E-state index contributed by atoms with van der Waals surface area (Å²) in [7, 11) is 2.21. The first-order chi connectivity index (χ1) is 9.33. The molecule has 19 heavy (non-hydrogen) atoms. The van der Waals surface area contributed by atoms with E-state index in [1.165, 1.54) is 25.1 Å². The number of hydrogen-bond donors (Lipinski definition) is 0. The molecule has 4 nitrogen and oxygen atoms in total. The highest BCUT2D eigenvalue weighted by molar-refractivity contribution is 5.40. The summed E-state index contributed by atoms with van der Waals surface area (Å²) in [4.78, 5) is 9.65. The molecular weight excluding hydrogens is 238 g/mol. The molecule has 4 heteroatoms. The highest BCUT2D eigenvalue weighted by Crippen LogP contribution is 2.26. The van der Waals surface area contributed by atoms with Gasteiger partial charge in [-0.15, -0.1) is 0 Å². The van der Waals surface area contributed by atoms with Gasteiger partial charge in [0.25, 0.3) is 0 Å². The second kappa shape index (κ2) is 5.88. The highest BCUT2D eigenvalue weighted by Gasteiger charge is 2.21. The number of likely N-dealkylation sites (tertiary alicyclic amines) is 1. The Morgan fingerprint density at radius 3 is 2.84 bits per heavy atom. The molecule has 0 amide bonds. The zero-order valence-corrected chi connectivity index (χ0v) is 11.7. The van der Waals surface area contributed by atoms with E-state index in [1.54, 1.807) is 0 Å². The van der Waals surface area contributed by atoms with E-state index < -0.39 is 0 Å². The number of aromatic nitrogens is 1. The summed E-state index contributed by atoms with van der Waals surface area (Å²) >= 11 is 0. The number of likely N-dealkylation sites (N-methyl/N-ethyl adjacent to an activating group) is 1. The largest absolute Gasteiger partial charge is 0.378 e.